The molecule has 0 aromatic heterocycles. The van der Waals surface area contributed by atoms with Crippen molar-refractivity contribution < 1.29 is 14.3 Å². The maximum atomic E-state index is 12.1. The van der Waals surface area contributed by atoms with Gasteiger partial charge < -0.3 is 15.4 Å². The standard InChI is InChI=1S/C20H24N2O3S/c1-3-21-19(23)12-25-18-6-4-5-17(11-18)22-20(24)14-26-13-16-9-7-15(2)8-10-16/h4-11H,3,12-14H2,1-2H3,(H,21,23)(H,22,24). The first kappa shape index (κ1) is 19.8. The minimum absolute atomic E-state index is 0.0440. The van der Waals surface area contributed by atoms with E-state index in [1.54, 1.807) is 36.0 Å². The molecule has 6 heteroatoms. The molecule has 0 saturated carbocycles. The van der Waals surface area contributed by atoms with Gasteiger partial charge in [-0.25, -0.2) is 0 Å². The minimum atomic E-state index is -0.172. The van der Waals surface area contributed by atoms with Crippen LogP contribution in [0.3, 0.4) is 0 Å². The maximum absolute atomic E-state index is 12.1. The summed E-state index contributed by atoms with van der Waals surface area (Å²) in [5, 5.41) is 5.52. The minimum Gasteiger partial charge on any atom is -0.484 e. The Labute approximate surface area is 158 Å². The first-order chi connectivity index (χ1) is 12.6. The summed E-state index contributed by atoms with van der Waals surface area (Å²) in [5.41, 5.74) is 3.08. The van der Waals surface area contributed by atoms with Crippen molar-refractivity contribution in [3.05, 3.63) is 59.7 Å². The van der Waals surface area contributed by atoms with Crippen molar-refractivity contribution in [2.75, 3.05) is 24.2 Å². The molecule has 0 bridgehead atoms. The molecule has 0 spiro atoms. The number of anilines is 1. The van der Waals surface area contributed by atoms with E-state index in [1.165, 1.54) is 11.1 Å². The zero-order valence-electron chi connectivity index (χ0n) is 15.1. The molecule has 0 heterocycles. The highest BCUT2D eigenvalue weighted by Gasteiger charge is 2.06. The van der Waals surface area contributed by atoms with Gasteiger partial charge in [-0.15, -0.1) is 11.8 Å². The predicted molar refractivity (Wildman–Crippen MR) is 107 cm³/mol. The molecular weight excluding hydrogens is 348 g/mol. The number of nitrogens with one attached hydrogen (secondary N) is 2. The summed E-state index contributed by atoms with van der Waals surface area (Å²) in [7, 11) is 0. The molecule has 2 aromatic rings. The van der Waals surface area contributed by atoms with Gasteiger partial charge in [0.1, 0.15) is 5.75 Å². The fourth-order valence-electron chi connectivity index (χ4n) is 2.20. The number of aryl methyl sites for hydroxylation is 1. The Hall–Kier alpha value is -2.47. The van der Waals surface area contributed by atoms with Crippen molar-refractivity contribution in [1.82, 2.24) is 5.32 Å². The van der Waals surface area contributed by atoms with Gasteiger partial charge in [0.25, 0.3) is 5.91 Å². The third kappa shape index (κ3) is 7.19. The Morgan fingerprint density at radius 3 is 2.58 bits per heavy atom. The van der Waals surface area contributed by atoms with Crippen LogP contribution in [0.25, 0.3) is 0 Å². The quantitative estimate of drug-likeness (QED) is 0.708. The van der Waals surface area contributed by atoms with Crippen molar-refractivity contribution in [1.29, 1.82) is 0 Å². The lowest BCUT2D eigenvalue weighted by molar-refractivity contribution is -0.123. The van der Waals surface area contributed by atoms with Crippen LogP contribution in [-0.2, 0) is 15.3 Å². The Balaban J connectivity index is 1.76. The lowest BCUT2D eigenvalue weighted by Crippen LogP contribution is -2.28. The first-order valence-corrected chi connectivity index (χ1v) is 9.65. The fourth-order valence-corrected chi connectivity index (χ4v) is 2.99. The van der Waals surface area contributed by atoms with E-state index in [1.807, 2.05) is 6.92 Å². The van der Waals surface area contributed by atoms with Gasteiger partial charge in [0.2, 0.25) is 5.91 Å². The smallest absolute Gasteiger partial charge is 0.257 e. The molecule has 26 heavy (non-hydrogen) atoms. The van der Waals surface area contributed by atoms with Crippen molar-refractivity contribution in [3.63, 3.8) is 0 Å². The number of carbonyl (C=O) groups is 2. The number of carbonyl (C=O) groups excluding carboxylic acids is 2. The number of ether oxygens (including phenoxy) is 1. The molecule has 0 fully saturated rings. The first-order valence-electron chi connectivity index (χ1n) is 8.49. The highest BCUT2D eigenvalue weighted by atomic mass is 32.2. The molecule has 2 aromatic carbocycles. The molecule has 0 saturated heterocycles. The summed E-state index contributed by atoms with van der Waals surface area (Å²) in [6.45, 7) is 4.43. The van der Waals surface area contributed by atoms with Crippen molar-refractivity contribution in [3.8, 4) is 5.75 Å². The van der Waals surface area contributed by atoms with Crippen molar-refractivity contribution >= 4 is 29.3 Å². The van der Waals surface area contributed by atoms with E-state index in [9.17, 15) is 9.59 Å². The molecule has 2 rings (SSSR count). The molecule has 2 N–H and O–H groups in total. The molecular formula is C20H24N2O3S. The second-order valence-electron chi connectivity index (χ2n) is 5.80. The van der Waals surface area contributed by atoms with Crippen LogP contribution in [0.4, 0.5) is 5.69 Å². The summed E-state index contributed by atoms with van der Waals surface area (Å²) in [6, 6.07) is 15.3. The van der Waals surface area contributed by atoms with Gasteiger partial charge >= 0.3 is 0 Å². The SMILES string of the molecule is CCNC(=O)COc1cccc(NC(=O)CSCc2ccc(C)cc2)c1. The largest absolute Gasteiger partial charge is 0.484 e. The third-order valence-electron chi connectivity index (χ3n) is 3.48. The maximum Gasteiger partial charge on any atom is 0.257 e. The highest BCUT2D eigenvalue weighted by molar-refractivity contribution is 7.99. The molecule has 2 amide bonds. The summed E-state index contributed by atoms with van der Waals surface area (Å²) in [5.74, 6) is 1.47. The Morgan fingerprint density at radius 1 is 1.08 bits per heavy atom. The van der Waals surface area contributed by atoms with Gasteiger partial charge in [0.15, 0.2) is 6.61 Å². The molecule has 0 unspecified atom stereocenters. The average molecular weight is 372 g/mol. The van der Waals surface area contributed by atoms with Gasteiger partial charge in [0, 0.05) is 24.1 Å². The fraction of sp³-hybridized carbons (Fsp3) is 0.300. The molecule has 138 valence electrons. The molecule has 0 radical (unpaired) electrons. The van der Waals surface area contributed by atoms with Crippen molar-refractivity contribution in [2.24, 2.45) is 0 Å². The number of thioether (sulfide) groups is 1. The molecule has 0 aliphatic carbocycles. The van der Waals surface area contributed by atoms with Crippen LogP contribution < -0.4 is 15.4 Å². The van der Waals surface area contributed by atoms with E-state index in [2.05, 4.69) is 41.8 Å². The Bertz CT molecular complexity index is 732. The van der Waals surface area contributed by atoms with Gasteiger partial charge in [-0.05, 0) is 31.5 Å². The van der Waals surface area contributed by atoms with Gasteiger partial charge in [-0.3, -0.25) is 9.59 Å². The number of rotatable bonds is 9. The summed E-state index contributed by atoms with van der Waals surface area (Å²) in [6.07, 6.45) is 0. The Morgan fingerprint density at radius 2 is 1.85 bits per heavy atom. The molecule has 0 aliphatic rings. The Kier molecular flexibility index (Phi) is 8.02. The van der Waals surface area contributed by atoms with E-state index >= 15 is 0 Å². The van der Waals surface area contributed by atoms with Crippen molar-refractivity contribution in [2.45, 2.75) is 19.6 Å². The van der Waals surface area contributed by atoms with Crippen LogP contribution >= 0.6 is 11.8 Å². The monoisotopic (exact) mass is 372 g/mol. The van der Waals surface area contributed by atoms with Crippen LogP contribution in [0.1, 0.15) is 18.1 Å². The number of hydrogen-bond acceptors (Lipinski definition) is 4. The van der Waals surface area contributed by atoms with E-state index in [-0.39, 0.29) is 18.4 Å². The van der Waals surface area contributed by atoms with Crippen LogP contribution in [0.2, 0.25) is 0 Å². The van der Waals surface area contributed by atoms with Crippen LogP contribution in [0, 0.1) is 6.92 Å². The van der Waals surface area contributed by atoms with E-state index < -0.39 is 0 Å². The predicted octanol–water partition coefficient (Wildman–Crippen LogP) is 3.38. The average Bonchev–Trinajstić information content (AvgIpc) is 2.62. The zero-order chi connectivity index (χ0) is 18.8. The lowest BCUT2D eigenvalue weighted by Gasteiger charge is -2.09. The van der Waals surface area contributed by atoms with Gasteiger partial charge in [-0.1, -0.05) is 35.9 Å². The number of benzene rings is 2. The number of hydrogen-bond donors (Lipinski definition) is 2. The lowest BCUT2D eigenvalue weighted by atomic mass is 10.2. The second kappa shape index (κ2) is 10.5. The zero-order valence-corrected chi connectivity index (χ0v) is 15.9. The van der Waals surface area contributed by atoms with E-state index in [0.717, 1.165) is 5.75 Å². The number of amides is 2. The molecule has 0 atom stereocenters. The van der Waals surface area contributed by atoms with Gasteiger partial charge in [0.05, 0.1) is 5.75 Å². The van der Waals surface area contributed by atoms with E-state index in [0.29, 0.717) is 23.7 Å². The summed E-state index contributed by atoms with van der Waals surface area (Å²) < 4.78 is 5.42. The summed E-state index contributed by atoms with van der Waals surface area (Å²) >= 11 is 1.57. The highest BCUT2D eigenvalue weighted by Crippen LogP contribution is 2.18. The molecule has 0 aliphatic heterocycles. The van der Waals surface area contributed by atoms with E-state index in [4.69, 9.17) is 4.74 Å². The van der Waals surface area contributed by atoms with Crippen LogP contribution in [-0.4, -0.2) is 30.7 Å². The number of likely N-dealkylation sites (N-methyl/N-ethyl adjacent to an activating group) is 1. The van der Waals surface area contributed by atoms with Crippen LogP contribution in [0.5, 0.6) is 5.75 Å². The van der Waals surface area contributed by atoms with Crippen LogP contribution in [0.15, 0.2) is 48.5 Å². The van der Waals surface area contributed by atoms with Gasteiger partial charge in [-0.2, -0.15) is 0 Å². The molecule has 5 nitrogen and oxygen atoms in total. The second-order valence-corrected chi connectivity index (χ2v) is 6.78. The third-order valence-corrected chi connectivity index (χ3v) is 4.49. The normalized spacial score (nSPS) is 10.2. The topological polar surface area (TPSA) is 67.4 Å². The summed E-state index contributed by atoms with van der Waals surface area (Å²) in [4.78, 5) is 23.5.